The van der Waals surface area contributed by atoms with Gasteiger partial charge in [-0.2, -0.15) is 0 Å². The number of likely N-dealkylation sites (N-methyl/N-ethyl adjacent to an activating group) is 1. The minimum absolute atomic E-state index is 0.0876. The number of para-hydroxylation sites is 1. The van der Waals surface area contributed by atoms with Crippen LogP contribution in [0.2, 0.25) is 0 Å². The molecule has 1 aromatic carbocycles. The van der Waals surface area contributed by atoms with Crippen LogP contribution in [0.5, 0.6) is 0 Å². The van der Waals surface area contributed by atoms with E-state index in [-0.39, 0.29) is 18.7 Å². The summed E-state index contributed by atoms with van der Waals surface area (Å²) >= 11 is 0. The number of amides is 2. The number of nitrogens with zero attached hydrogens (tertiary/aromatic N) is 4. The van der Waals surface area contributed by atoms with Crippen LogP contribution in [-0.2, 0) is 6.54 Å². The van der Waals surface area contributed by atoms with E-state index in [4.69, 9.17) is 5.11 Å². The molecule has 22 heavy (non-hydrogen) atoms. The number of carbonyl (C=O) groups is 1. The Morgan fingerprint density at radius 3 is 2.86 bits per heavy atom. The molecule has 118 valence electrons. The molecule has 0 bridgehead atoms. The third-order valence-corrected chi connectivity index (χ3v) is 3.61. The predicted octanol–water partition coefficient (Wildman–Crippen LogP) is 1.81. The third-order valence-electron chi connectivity index (χ3n) is 3.61. The molecule has 2 N–H and O–H groups in total. The highest BCUT2D eigenvalue weighted by atomic mass is 16.3. The fourth-order valence-electron chi connectivity index (χ4n) is 2.01. The smallest absolute Gasteiger partial charge is 0.321 e. The molecule has 2 rings (SSSR count). The Morgan fingerprint density at radius 1 is 1.45 bits per heavy atom. The van der Waals surface area contributed by atoms with E-state index >= 15 is 0 Å². The largest absolute Gasteiger partial charge is 0.394 e. The molecule has 0 fully saturated rings. The second-order valence-electron chi connectivity index (χ2n) is 5.06. The van der Waals surface area contributed by atoms with E-state index in [1.165, 1.54) is 4.90 Å². The Hall–Kier alpha value is -2.41. The van der Waals surface area contributed by atoms with Crippen molar-refractivity contribution in [1.29, 1.82) is 0 Å². The standard InChI is InChI=1S/C15H21N5O2/c1-4-20-10-16-18-14(20)12-7-5-6-8-13(12)17-15(22)19(3)11(2)9-21/h5-8,10-11,21H,4,9H2,1-3H3,(H,17,22). The number of hydrogen-bond donors (Lipinski definition) is 2. The number of urea groups is 1. The van der Waals surface area contributed by atoms with Crippen molar-refractivity contribution in [3.8, 4) is 11.4 Å². The van der Waals surface area contributed by atoms with E-state index in [9.17, 15) is 4.79 Å². The zero-order valence-electron chi connectivity index (χ0n) is 13.0. The molecule has 0 radical (unpaired) electrons. The molecule has 7 nitrogen and oxygen atoms in total. The van der Waals surface area contributed by atoms with Crippen LogP contribution >= 0.6 is 0 Å². The lowest BCUT2D eigenvalue weighted by atomic mass is 10.1. The predicted molar refractivity (Wildman–Crippen MR) is 84.5 cm³/mol. The van der Waals surface area contributed by atoms with Gasteiger partial charge in [0.15, 0.2) is 5.82 Å². The van der Waals surface area contributed by atoms with Gasteiger partial charge in [-0.1, -0.05) is 12.1 Å². The van der Waals surface area contributed by atoms with Crippen LogP contribution in [0.3, 0.4) is 0 Å². The van der Waals surface area contributed by atoms with Gasteiger partial charge in [-0.3, -0.25) is 0 Å². The molecule has 0 aliphatic rings. The van der Waals surface area contributed by atoms with Crippen LogP contribution in [-0.4, -0.2) is 50.5 Å². The lowest BCUT2D eigenvalue weighted by molar-refractivity contribution is 0.166. The Morgan fingerprint density at radius 2 is 2.18 bits per heavy atom. The van der Waals surface area contributed by atoms with Gasteiger partial charge >= 0.3 is 6.03 Å². The van der Waals surface area contributed by atoms with Crippen LogP contribution < -0.4 is 5.32 Å². The zero-order valence-corrected chi connectivity index (χ0v) is 13.0. The number of aliphatic hydroxyl groups excluding tert-OH is 1. The third kappa shape index (κ3) is 3.25. The number of aliphatic hydroxyl groups is 1. The van der Waals surface area contributed by atoms with Crippen molar-refractivity contribution in [1.82, 2.24) is 19.7 Å². The number of rotatable bonds is 5. The molecular weight excluding hydrogens is 282 g/mol. The number of benzene rings is 1. The fourth-order valence-corrected chi connectivity index (χ4v) is 2.01. The molecule has 1 heterocycles. The van der Waals surface area contributed by atoms with Gasteiger partial charge < -0.3 is 19.9 Å². The Kier molecular flexibility index (Phi) is 5.11. The van der Waals surface area contributed by atoms with Crippen molar-refractivity contribution in [3.63, 3.8) is 0 Å². The molecule has 1 aromatic heterocycles. The summed E-state index contributed by atoms with van der Waals surface area (Å²) in [6.07, 6.45) is 1.66. The van der Waals surface area contributed by atoms with Gasteiger partial charge in [0.25, 0.3) is 0 Å². The molecule has 2 aromatic rings. The van der Waals surface area contributed by atoms with E-state index in [0.717, 1.165) is 12.1 Å². The van der Waals surface area contributed by atoms with Crippen LogP contribution in [0.1, 0.15) is 13.8 Å². The van der Waals surface area contributed by atoms with Gasteiger partial charge in [0.2, 0.25) is 0 Å². The van der Waals surface area contributed by atoms with E-state index in [1.54, 1.807) is 20.3 Å². The summed E-state index contributed by atoms with van der Waals surface area (Å²) in [5, 5.41) is 20.1. The van der Waals surface area contributed by atoms with Crippen molar-refractivity contribution in [2.45, 2.75) is 26.4 Å². The average molecular weight is 303 g/mol. The summed E-state index contributed by atoms with van der Waals surface area (Å²) in [5.74, 6) is 0.705. The first-order valence-corrected chi connectivity index (χ1v) is 7.20. The lowest BCUT2D eigenvalue weighted by Crippen LogP contribution is -2.40. The maximum atomic E-state index is 12.2. The summed E-state index contributed by atoms with van der Waals surface area (Å²) < 4.78 is 1.91. The molecule has 7 heteroatoms. The summed E-state index contributed by atoms with van der Waals surface area (Å²) in [6.45, 7) is 4.44. The zero-order chi connectivity index (χ0) is 16.1. The molecule has 2 amide bonds. The normalized spacial score (nSPS) is 12.0. The van der Waals surface area contributed by atoms with Crippen molar-refractivity contribution in [2.24, 2.45) is 0 Å². The van der Waals surface area contributed by atoms with Gasteiger partial charge in [0.1, 0.15) is 6.33 Å². The summed E-state index contributed by atoms with van der Waals surface area (Å²) in [6, 6.07) is 6.91. The highest BCUT2D eigenvalue weighted by molar-refractivity contribution is 5.93. The first-order chi connectivity index (χ1) is 10.6. The monoisotopic (exact) mass is 303 g/mol. The van der Waals surface area contributed by atoms with Gasteiger partial charge in [-0.15, -0.1) is 10.2 Å². The van der Waals surface area contributed by atoms with Gasteiger partial charge in [-0.25, -0.2) is 4.79 Å². The Bertz CT molecular complexity index is 640. The lowest BCUT2D eigenvalue weighted by Gasteiger charge is -2.24. The minimum Gasteiger partial charge on any atom is -0.394 e. The SMILES string of the molecule is CCn1cnnc1-c1ccccc1NC(=O)N(C)C(C)CO. The van der Waals surface area contributed by atoms with Crippen LogP contribution in [0, 0.1) is 0 Å². The number of nitrogens with one attached hydrogen (secondary N) is 1. The number of anilines is 1. The first kappa shape index (κ1) is 16.0. The molecule has 1 atom stereocenters. The van der Waals surface area contributed by atoms with Crippen molar-refractivity contribution < 1.29 is 9.90 Å². The molecule has 0 saturated carbocycles. The van der Waals surface area contributed by atoms with Gasteiger partial charge in [0.05, 0.1) is 18.3 Å². The van der Waals surface area contributed by atoms with Crippen molar-refractivity contribution >= 4 is 11.7 Å². The number of carbonyl (C=O) groups excluding carboxylic acids is 1. The number of hydrogen-bond acceptors (Lipinski definition) is 4. The fraction of sp³-hybridized carbons (Fsp3) is 0.400. The molecule has 0 aliphatic heterocycles. The van der Waals surface area contributed by atoms with Crippen molar-refractivity contribution in [2.75, 3.05) is 19.0 Å². The van der Waals surface area contributed by atoms with E-state index in [0.29, 0.717) is 11.5 Å². The maximum Gasteiger partial charge on any atom is 0.321 e. The maximum absolute atomic E-state index is 12.2. The molecule has 0 spiro atoms. The van der Waals surface area contributed by atoms with Crippen LogP contribution in [0.15, 0.2) is 30.6 Å². The molecular formula is C15H21N5O2. The first-order valence-electron chi connectivity index (χ1n) is 7.20. The Balaban J connectivity index is 2.28. The second kappa shape index (κ2) is 7.04. The summed E-state index contributed by atoms with van der Waals surface area (Å²) in [5.41, 5.74) is 1.47. The minimum atomic E-state index is -0.281. The van der Waals surface area contributed by atoms with Gasteiger partial charge in [0, 0.05) is 19.2 Å². The van der Waals surface area contributed by atoms with Gasteiger partial charge in [-0.05, 0) is 26.0 Å². The van der Waals surface area contributed by atoms with Crippen LogP contribution in [0.4, 0.5) is 10.5 Å². The summed E-state index contributed by atoms with van der Waals surface area (Å²) in [4.78, 5) is 13.7. The Labute approximate surface area is 129 Å². The van der Waals surface area contributed by atoms with Crippen molar-refractivity contribution in [3.05, 3.63) is 30.6 Å². The highest BCUT2D eigenvalue weighted by Gasteiger charge is 2.17. The molecule has 1 unspecified atom stereocenters. The highest BCUT2D eigenvalue weighted by Crippen LogP contribution is 2.26. The molecule has 0 saturated heterocycles. The quantitative estimate of drug-likeness (QED) is 0.882. The number of aromatic nitrogens is 3. The second-order valence-corrected chi connectivity index (χ2v) is 5.06. The van der Waals surface area contributed by atoms with E-state index in [1.807, 2.05) is 35.8 Å². The van der Waals surface area contributed by atoms with E-state index < -0.39 is 0 Å². The number of aryl methyl sites for hydroxylation is 1. The molecule has 0 aliphatic carbocycles. The average Bonchev–Trinajstić information content (AvgIpc) is 3.02. The van der Waals surface area contributed by atoms with Crippen LogP contribution in [0.25, 0.3) is 11.4 Å². The summed E-state index contributed by atoms with van der Waals surface area (Å²) in [7, 11) is 1.65. The topological polar surface area (TPSA) is 83.3 Å². The van der Waals surface area contributed by atoms with E-state index in [2.05, 4.69) is 15.5 Å².